The molecule has 30 heavy (non-hydrogen) atoms. The van der Waals surface area contributed by atoms with Crippen LogP contribution in [0.25, 0.3) is 0 Å². The number of hydrogen-bond acceptors (Lipinski definition) is 5. The Morgan fingerprint density at radius 1 is 1.13 bits per heavy atom. The number of nitrogens with zero attached hydrogens (tertiary/aromatic N) is 3. The SMILES string of the molecule is CCCNc1cc(N2CCC(CCC(=O)NCc3cc(F)cc(F)c3)CC2)ncn1. The summed E-state index contributed by atoms with van der Waals surface area (Å²) in [5.41, 5.74) is 0.423. The predicted octanol–water partition coefficient (Wildman–Crippen LogP) is 3.89. The van der Waals surface area contributed by atoms with Crippen molar-refractivity contribution in [3.63, 3.8) is 0 Å². The highest BCUT2D eigenvalue weighted by Crippen LogP contribution is 2.25. The van der Waals surface area contributed by atoms with E-state index in [-0.39, 0.29) is 12.5 Å². The van der Waals surface area contributed by atoms with Crippen LogP contribution in [0.15, 0.2) is 30.6 Å². The molecule has 1 aliphatic heterocycles. The first kappa shape index (κ1) is 21.9. The van der Waals surface area contributed by atoms with Crippen molar-refractivity contribution in [2.24, 2.45) is 5.92 Å². The Balaban J connectivity index is 1.39. The highest BCUT2D eigenvalue weighted by molar-refractivity contribution is 5.75. The van der Waals surface area contributed by atoms with E-state index in [1.54, 1.807) is 6.33 Å². The molecular weight excluding hydrogens is 388 g/mol. The first-order valence-corrected chi connectivity index (χ1v) is 10.6. The first-order valence-electron chi connectivity index (χ1n) is 10.6. The maximum atomic E-state index is 13.2. The molecule has 1 aromatic carbocycles. The number of aromatic nitrogens is 2. The van der Waals surface area contributed by atoms with Gasteiger partial charge in [0.2, 0.25) is 5.91 Å². The molecule has 0 unspecified atom stereocenters. The molecule has 6 nitrogen and oxygen atoms in total. The van der Waals surface area contributed by atoms with Crippen molar-refractivity contribution in [2.75, 3.05) is 29.9 Å². The lowest BCUT2D eigenvalue weighted by atomic mass is 9.92. The molecule has 1 fully saturated rings. The number of hydrogen-bond donors (Lipinski definition) is 2. The topological polar surface area (TPSA) is 70.2 Å². The Labute approximate surface area is 176 Å². The highest BCUT2D eigenvalue weighted by atomic mass is 19.1. The summed E-state index contributed by atoms with van der Waals surface area (Å²) in [6.07, 6.45) is 5.87. The van der Waals surface area contributed by atoms with Gasteiger partial charge in [0.1, 0.15) is 29.6 Å². The molecule has 1 saturated heterocycles. The summed E-state index contributed by atoms with van der Waals surface area (Å²) in [6.45, 7) is 4.93. The third kappa shape index (κ3) is 6.64. The van der Waals surface area contributed by atoms with Crippen LogP contribution >= 0.6 is 0 Å². The molecule has 2 heterocycles. The van der Waals surface area contributed by atoms with Gasteiger partial charge in [0.15, 0.2) is 0 Å². The molecule has 0 atom stereocenters. The Kier molecular flexibility index (Phi) is 7.93. The number of halogens is 2. The molecule has 1 aliphatic rings. The van der Waals surface area contributed by atoms with E-state index in [9.17, 15) is 13.6 Å². The minimum atomic E-state index is -0.636. The number of carbonyl (C=O) groups excluding carboxylic acids is 1. The molecule has 1 amide bonds. The van der Waals surface area contributed by atoms with E-state index in [4.69, 9.17) is 0 Å². The Bertz CT molecular complexity index is 820. The van der Waals surface area contributed by atoms with Gasteiger partial charge in [-0.05, 0) is 49.3 Å². The second-order valence-corrected chi connectivity index (χ2v) is 7.71. The second kappa shape index (κ2) is 10.8. The third-order valence-electron chi connectivity index (χ3n) is 5.34. The molecule has 3 rings (SSSR count). The summed E-state index contributed by atoms with van der Waals surface area (Å²) in [6, 6.07) is 5.27. The number of nitrogens with one attached hydrogen (secondary N) is 2. The van der Waals surface area contributed by atoms with Gasteiger partial charge in [0.25, 0.3) is 0 Å². The molecule has 0 aliphatic carbocycles. The summed E-state index contributed by atoms with van der Waals surface area (Å²) in [4.78, 5) is 23.0. The summed E-state index contributed by atoms with van der Waals surface area (Å²) in [5, 5.41) is 6.03. The van der Waals surface area contributed by atoms with Crippen LogP contribution in [0.4, 0.5) is 20.4 Å². The van der Waals surface area contributed by atoms with E-state index in [1.165, 1.54) is 12.1 Å². The lowest BCUT2D eigenvalue weighted by Gasteiger charge is -2.32. The average molecular weight is 418 g/mol. The molecule has 0 saturated carbocycles. The van der Waals surface area contributed by atoms with E-state index in [2.05, 4.69) is 32.4 Å². The van der Waals surface area contributed by atoms with Crippen molar-refractivity contribution in [2.45, 2.75) is 45.6 Å². The average Bonchev–Trinajstić information content (AvgIpc) is 2.75. The van der Waals surface area contributed by atoms with Crippen molar-refractivity contribution >= 4 is 17.5 Å². The number of piperidine rings is 1. The van der Waals surface area contributed by atoms with Crippen LogP contribution in [0, 0.1) is 17.6 Å². The van der Waals surface area contributed by atoms with Crippen LogP contribution < -0.4 is 15.5 Å². The minimum absolute atomic E-state index is 0.0930. The zero-order valence-corrected chi connectivity index (χ0v) is 17.3. The Morgan fingerprint density at radius 3 is 2.57 bits per heavy atom. The number of carbonyl (C=O) groups is 1. The van der Waals surface area contributed by atoms with Gasteiger partial charge < -0.3 is 15.5 Å². The minimum Gasteiger partial charge on any atom is -0.370 e. The van der Waals surface area contributed by atoms with E-state index in [0.717, 1.165) is 63.0 Å². The third-order valence-corrected chi connectivity index (χ3v) is 5.34. The molecular formula is C22H29F2N5O. The fraction of sp³-hybridized carbons (Fsp3) is 0.500. The van der Waals surface area contributed by atoms with Gasteiger partial charge >= 0.3 is 0 Å². The second-order valence-electron chi connectivity index (χ2n) is 7.71. The predicted molar refractivity (Wildman–Crippen MR) is 113 cm³/mol. The van der Waals surface area contributed by atoms with Gasteiger partial charge in [0, 0.05) is 44.7 Å². The van der Waals surface area contributed by atoms with Gasteiger partial charge in [0.05, 0.1) is 0 Å². The molecule has 1 aromatic heterocycles. The zero-order chi connectivity index (χ0) is 21.3. The van der Waals surface area contributed by atoms with Gasteiger partial charge in [-0.15, -0.1) is 0 Å². The lowest BCUT2D eigenvalue weighted by molar-refractivity contribution is -0.121. The van der Waals surface area contributed by atoms with E-state index in [0.29, 0.717) is 17.9 Å². The van der Waals surface area contributed by atoms with Crippen molar-refractivity contribution in [1.29, 1.82) is 0 Å². The monoisotopic (exact) mass is 417 g/mol. The number of anilines is 2. The van der Waals surface area contributed by atoms with Crippen LogP contribution in [0.5, 0.6) is 0 Å². The van der Waals surface area contributed by atoms with Crippen LogP contribution in [0.1, 0.15) is 44.6 Å². The van der Waals surface area contributed by atoms with E-state index >= 15 is 0 Å². The summed E-state index contributed by atoms with van der Waals surface area (Å²) < 4.78 is 26.4. The molecule has 0 radical (unpaired) electrons. The van der Waals surface area contributed by atoms with Gasteiger partial charge in [-0.2, -0.15) is 0 Å². The smallest absolute Gasteiger partial charge is 0.220 e. The van der Waals surface area contributed by atoms with Gasteiger partial charge in [-0.3, -0.25) is 4.79 Å². The molecule has 0 spiro atoms. The largest absolute Gasteiger partial charge is 0.370 e. The van der Waals surface area contributed by atoms with Crippen LogP contribution in [-0.2, 0) is 11.3 Å². The van der Waals surface area contributed by atoms with E-state index < -0.39 is 11.6 Å². The quantitative estimate of drug-likeness (QED) is 0.648. The molecule has 2 aromatic rings. The maximum absolute atomic E-state index is 13.2. The standard InChI is InChI=1S/C22H29F2N5O/c1-2-7-25-20-13-21(28-15-27-20)29-8-5-16(6-9-29)3-4-22(30)26-14-17-10-18(23)12-19(24)11-17/h10-13,15-16H,2-9,14H2,1H3,(H,26,30)(H,25,27,28). The normalized spacial score (nSPS) is 14.6. The Morgan fingerprint density at radius 2 is 1.87 bits per heavy atom. The number of amides is 1. The van der Waals surface area contributed by atoms with Gasteiger partial charge in [-0.25, -0.2) is 18.7 Å². The van der Waals surface area contributed by atoms with Crippen LogP contribution in [-0.4, -0.2) is 35.5 Å². The molecule has 0 bridgehead atoms. The van der Waals surface area contributed by atoms with Gasteiger partial charge in [-0.1, -0.05) is 6.92 Å². The first-order chi connectivity index (χ1) is 14.5. The zero-order valence-electron chi connectivity index (χ0n) is 17.3. The van der Waals surface area contributed by atoms with E-state index in [1.807, 2.05) is 6.07 Å². The van der Waals surface area contributed by atoms with Crippen LogP contribution in [0.2, 0.25) is 0 Å². The summed E-state index contributed by atoms with van der Waals surface area (Å²) in [5.74, 6) is 0.898. The molecule has 162 valence electrons. The number of benzene rings is 1. The molecule has 8 heteroatoms. The highest BCUT2D eigenvalue weighted by Gasteiger charge is 2.21. The lowest BCUT2D eigenvalue weighted by Crippen LogP contribution is -2.34. The number of rotatable bonds is 9. The van der Waals surface area contributed by atoms with Crippen molar-refractivity contribution in [1.82, 2.24) is 15.3 Å². The van der Waals surface area contributed by atoms with Crippen LogP contribution in [0.3, 0.4) is 0 Å². The summed E-state index contributed by atoms with van der Waals surface area (Å²) in [7, 11) is 0. The maximum Gasteiger partial charge on any atom is 0.220 e. The van der Waals surface area contributed by atoms with Crippen molar-refractivity contribution < 1.29 is 13.6 Å². The fourth-order valence-electron chi connectivity index (χ4n) is 3.66. The Hall–Kier alpha value is -2.77. The fourth-order valence-corrected chi connectivity index (χ4v) is 3.66. The molecule has 2 N–H and O–H groups in total. The summed E-state index contributed by atoms with van der Waals surface area (Å²) >= 11 is 0. The van der Waals surface area contributed by atoms with Crippen molar-refractivity contribution in [3.8, 4) is 0 Å². The van der Waals surface area contributed by atoms with Crippen molar-refractivity contribution in [3.05, 3.63) is 47.8 Å².